The zero-order valence-corrected chi connectivity index (χ0v) is 10.1. The second-order valence-electron chi connectivity index (χ2n) is 3.41. The van der Waals surface area contributed by atoms with E-state index < -0.39 is 10.2 Å². The van der Waals surface area contributed by atoms with Gasteiger partial charge in [-0.1, -0.05) is 5.16 Å². The van der Waals surface area contributed by atoms with Crippen molar-refractivity contribution in [3.63, 3.8) is 0 Å². The van der Waals surface area contributed by atoms with Gasteiger partial charge in [0.05, 0.1) is 5.69 Å². The fourth-order valence-corrected chi connectivity index (χ4v) is 1.63. The molecule has 15 heavy (non-hydrogen) atoms. The average molecular weight is 233 g/mol. The Morgan fingerprint density at radius 2 is 2.00 bits per heavy atom. The molecule has 0 aromatic carbocycles. The molecule has 0 fully saturated rings. The molecule has 7 heteroatoms. The smallest absolute Gasteiger partial charge is 0.279 e. The fraction of sp³-hybridized carbons (Fsp3) is 0.625. The van der Waals surface area contributed by atoms with E-state index in [-0.39, 0.29) is 6.54 Å². The molecule has 0 spiro atoms. The van der Waals surface area contributed by atoms with Gasteiger partial charge in [0.25, 0.3) is 10.2 Å². The molecule has 0 amide bonds. The minimum absolute atomic E-state index is 0.196. The minimum atomic E-state index is -3.39. The zero-order valence-electron chi connectivity index (χ0n) is 9.23. The Morgan fingerprint density at radius 1 is 1.40 bits per heavy atom. The van der Waals surface area contributed by atoms with Crippen LogP contribution in [0.15, 0.2) is 4.52 Å². The third-order valence-corrected chi connectivity index (χ3v) is 3.56. The molecule has 1 rings (SSSR count). The van der Waals surface area contributed by atoms with E-state index in [1.807, 2.05) is 0 Å². The average Bonchev–Trinajstić information content (AvgIpc) is 2.43. The lowest BCUT2D eigenvalue weighted by Gasteiger charge is -2.11. The predicted octanol–water partition coefficient (Wildman–Crippen LogP) is 0.187. The Kier molecular flexibility index (Phi) is 3.48. The molecular weight excluding hydrogens is 218 g/mol. The van der Waals surface area contributed by atoms with E-state index in [1.165, 1.54) is 14.1 Å². The van der Waals surface area contributed by atoms with Gasteiger partial charge >= 0.3 is 0 Å². The van der Waals surface area contributed by atoms with Gasteiger partial charge in [0.1, 0.15) is 5.76 Å². The first-order valence-electron chi connectivity index (χ1n) is 4.43. The Hall–Kier alpha value is -0.920. The highest BCUT2D eigenvalue weighted by molar-refractivity contribution is 7.87. The van der Waals surface area contributed by atoms with Crippen LogP contribution in [0.3, 0.4) is 0 Å². The number of nitrogens with zero attached hydrogens (tertiary/aromatic N) is 2. The maximum absolute atomic E-state index is 11.4. The van der Waals surface area contributed by atoms with Crippen LogP contribution < -0.4 is 4.72 Å². The zero-order chi connectivity index (χ0) is 11.6. The molecule has 0 aliphatic carbocycles. The standard InChI is InChI=1S/C8H15N3O3S/c1-6-8(7(2)14-10-6)5-9-15(12,13)11(3)4/h9H,5H2,1-4H3. The summed E-state index contributed by atoms with van der Waals surface area (Å²) in [6.07, 6.45) is 0. The van der Waals surface area contributed by atoms with Gasteiger partial charge in [-0.2, -0.15) is 17.4 Å². The second-order valence-corrected chi connectivity index (χ2v) is 5.38. The van der Waals surface area contributed by atoms with Crippen molar-refractivity contribution in [3.05, 3.63) is 17.0 Å². The molecule has 0 saturated heterocycles. The van der Waals surface area contributed by atoms with E-state index >= 15 is 0 Å². The summed E-state index contributed by atoms with van der Waals surface area (Å²) in [5.74, 6) is 0.633. The third kappa shape index (κ3) is 2.77. The summed E-state index contributed by atoms with van der Waals surface area (Å²) < 4.78 is 31.3. The lowest BCUT2D eigenvalue weighted by molar-refractivity contribution is 0.392. The molecule has 1 aromatic rings. The summed E-state index contributed by atoms with van der Waals surface area (Å²) in [6.45, 7) is 3.72. The molecule has 1 aromatic heterocycles. The molecule has 86 valence electrons. The highest BCUT2D eigenvalue weighted by Crippen LogP contribution is 2.11. The molecule has 0 atom stereocenters. The van der Waals surface area contributed by atoms with Gasteiger partial charge in [0.2, 0.25) is 0 Å². The van der Waals surface area contributed by atoms with Crippen LogP contribution in [0, 0.1) is 13.8 Å². The Morgan fingerprint density at radius 3 is 2.40 bits per heavy atom. The maximum atomic E-state index is 11.4. The number of hydrogen-bond acceptors (Lipinski definition) is 4. The van der Waals surface area contributed by atoms with Crippen LogP contribution in [0.2, 0.25) is 0 Å². The molecule has 0 bridgehead atoms. The van der Waals surface area contributed by atoms with Gasteiger partial charge < -0.3 is 4.52 Å². The summed E-state index contributed by atoms with van der Waals surface area (Å²) in [6, 6.07) is 0. The molecule has 0 saturated carbocycles. The van der Waals surface area contributed by atoms with Crippen molar-refractivity contribution < 1.29 is 12.9 Å². The van der Waals surface area contributed by atoms with E-state index in [0.29, 0.717) is 11.5 Å². The van der Waals surface area contributed by atoms with E-state index in [0.717, 1.165) is 9.87 Å². The first kappa shape index (κ1) is 12.2. The molecule has 0 unspecified atom stereocenters. The van der Waals surface area contributed by atoms with Crippen LogP contribution in [0.5, 0.6) is 0 Å². The summed E-state index contributed by atoms with van der Waals surface area (Å²) in [4.78, 5) is 0. The first-order valence-corrected chi connectivity index (χ1v) is 5.87. The van der Waals surface area contributed by atoms with E-state index in [4.69, 9.17) is 4.52 Å². The van der Waals surface area contributed by atoms with Gasteiger partial charge in [0, 0.05) is 26.2 Å². The highest BCUT2D eigenvalue weighted by Gasteiger charge is 2.15. The molecule has 1 heterocycles. The van der Waals surface area contributed by atoms with Crippen molar-refractivity contribution in [2.75, 3.05) is 14.1 Å². The minimum Gasteiger partial charge on any atom is -0.361 e. The van der Waals surface area contributed by atoms with Crippen molar-refractivity contribution >= 4 is 10.2 Å². The van der Waals surface area contributed by atoms with Crippen molar-refractivity contribution in [1.29, 1.82) is 0 Å². The molecular formula is C8H15N3O3S. The molecule has 0 radical (unpaired) electrons. The number of hydrogen-bond donors (Lipinski definition) is 1. The van der Waals surface area contributed by atoms with Gasteiger partial charge in [-0.25, -0.2) is 0 Å². The molecule has 1 N–H and O–H groups in total. The number of rotatable bonds is 4. The largest absolute Gasteiger partial charge is 0.361 e. The Labute approximate surface area is 89.4 Å². The summed E-state index contributed by atoms with van der Waals surface area (Å²) in [5.41, 5.74) is 1.48. The monoisotopic (exact) mass is 233 g/mol. The van der Waals surface area contributed by atoms with E-state index in [1.54, 1.807) is 13.8 Å². The number of aryl methyl sites for hydroxylation is 2. The molecule has 6 nitrogen and oxygen atoms in total. The van der Waals surface area contributed by atoms with Crippen LogP contribution >= 0.6 is 0 Å². The van der Waals surface area contributed by atoms with Crippen molar-refractivity contribution in [2.45, 2.75) is 20.4 Å². The summed E-state index contributed by atoms with van der Waals surface area (Å²) in [7, 11) is -0.458. The third-order valence-electron chi connectivity index (χ3n) is 2.09. The highest BCUT2D eigenvalue weighted by atomic mass is 32.2. The normalized spacial score (nSPS) is 12.3. The quantitative estimate of drug-likeness (QED) is 0.805. The fourth-order valence-electron chi connectivity index (χ4n) is 1.05. The van der Waals surface area contributed by atoms with Crippen molar-refractivity contribution in [2.24, 2.45) is 0 Å². The van der Waals surface area contributed by atoms with Gasteiger partial charge in [0.15, 0.2) is 0 Å². The van der Waals surface area contributed by atoms with Crippen molar-refractivity contribution in [1.82, 2.24) is 14.2 Å². The van der Waals surface area contributed by atoms with E-state index in [2.05, 4.69) is 9.88 Å². The lowest BCUT2D eigenvalue weighted by atomic mass is 10.2. The van der Waals surface area contributed by atoms with E-state index in [9.17, 15) is 8.42 Å². The van der Waals surface area contributed by atoms with Gasteiger partial charge in [-0.05, 0) is 13.8 Å². The van der Waals surface area contributed by atoms with Gasteiger partial charge in [-0.3, -0.25) is 0 Å². The number of nitrogens with one attached hydrogen (secondary N) is 1. The molecule has 0 aliphatic heterocycles. The second kappa shape index (κ2) is 4.30. The SMILES string of the molecule is Cc1noc(C)c1CNS(=O)(=O)N(C)C. The maximum Gasteiger partial charge on any atom is 0.279 e. The van der Waals surface area contributed by atoms with Crippen LogP contribution in [0.25, 0.3) is 0 Å². The Bertz CT molecular complexity index is 416. The predicted molar refractivity (Wildman–Crippen MR) is 55.4 cm³/mol. The summed E-state index contributed by atoms with van der Waals surface area (Å²) in [5, 5.41) is 3.74. The topological polar surface area (TPSA) is 75.4 Å². The molecule has 0 aliphatic rings. The lowest BCUT2D eigenvalue weighted by Crippen LogP contribution is -2.35. The Balaban J connectivity index is 2.74. The van der Waals surface area contributed by atoms with Crippen LogP contribution in [-0.2, 0) is 16.8 Å². The van der Waals surface area contributed by atoms with Crippen LogP contribution in [-0.4, -0.2) is 32.0 Å². The summed E-state index contributed by atoms with van der Waals surface area (Å²) >= 11 is 0. The number of aromatic nitrogens is 1. The van der Waals surface area contributed by atoms with Crippen molar-refractivity contribution in [3.8, 4) is 0 Å². The van der Waals surface area contributed by atoms with Crippen LogP contribution in [0.4, 0.5) is 0 Å². The first-order chi connectivity index (χ1) is 6.84. The van der Waals surface area contributed by atoms with Gasteiger partial charge in [-0.15, -0.1) is 0 Å². The van der Waals surface area contributed by atoms with Crippen LogP contribution in [0.1, 0.15) is 17.0 Å².